The van der Waals surface area contributed by atoms with Crippen LogP contribution in [0, 0.1) is 5.41 Å². The molecule has 138 valence electrons. The lowest BCUT2D eigenvalue weighted by Crippen LogP contribution is -2.64. The quantitative estimate of drug-likeness (QED) is 0.805. The Kier molecular flexibility index (Phi) is 6.53. The van der Waals surface area contributed by atoms with Crippen molar-refractivity contribution < 1.29 is 4.79 Å². The summed E-state index contributed by atoms with van der Waals surface area (Å²) in [5.74, 6) is 0. The summed E-state index contributed by atoms with van der Waals surface area (Å²) in [5, 5.41) is 3.88. The SMILES string of the molecule is CC.CN(C)/C=C\c1c(N(C)C2CC3(CNC3)C2)ccc(Cl)c1C=O. The molecule has 0 amide bonds. The van der Waals surface area contributed by atoms with Crippen LogP contribution in [-0.2, 0) is 0 Å². The minimum absolute atomic E-state index is 0.504. The van der Waals surface area contributed by atoms with Gasteiger partial charge in [-0.15, -0.1) is 0 Å². The second-order valence-electron chi connectivity index (χ2n) is 7.07. The number of rotatable bonds is 5. The van der Waals surface area contributed by atoms with Crippen molar-refractivity contribution >= 4 is 29.7 Å². The second-order valence-corrected chi connectivity index (χ2v) is 7.47. The summed E-state index contributed by atoms with van der Waals surface area (Å²) in [4.78, 5) is 15.8. The van der Waals surface area contributed by atoms with Gasteiger partial charge in [-0.1, -0.05) is 25.4 Å². The van der Waals surface area contributed by atoms with Gasteiger partial charge in [-0.3, -0.25) is 4.79 Å². The summed E-state index contributed by atoms with van der Waals surface area (Å²) in [6, 6.07) is 4.38. The van der Waals surface area contributed by atoms with Gasteiger partial charge in [0.1, 0.15) is 0 Å². The van der Waals surface area contributed by atoms with Crippen LogP contribution >= 0.6 is 11.6 Å². The number of anilines is 1. The van der Waals surface area contributed by atoms with E-state index in [1.54, 1.807) is 0 Å². The Bertz CT molecular complexity index is 630. The third kappa shape index (κ3) is 4.01. The molecule has 0 aromatic heterocycles. The molecule has 0 radical (unpaired) electrons. The van der Waals surface area contributed by atoms with E-state index >= 15 is 0 Å². The minimum Gasteiger partial charge on any atom is -0.383 e. The fraction of sp³-hybridized carbons (Fsp3) is 0.550. The second kappa shape index (κ2) is 8.24. The van der Waals surface area contributed by atoms with E-state index < -0.39 is 0 Å². The van der Waals surface area contributed by atoms with E-state index in [1.165, 1.54) is 12.8 Å². The molecule has 1 aliphatic heterocycles. The molecule has 2 aliphatic rings. The highest BCUT2D eigenvalue weighted by atomic mass is 35.5. The van der Waals surface area contributed by atoms with Crippen molar-refractivity contribution in [3.63, 3.8) is 0 Å². The molecule has 0 bridgehead atoms. The molecule has 1 aliphatic carbocycles. The Morgan fingerprint density at radius 3 is 2.28 bits per heavy atom. The summed E-state index contributed by atoms with van der Waals surface area (Å²) < 4.78 is 0. The van der Waals surface area contributed by atoms with Crippen molar-refractivity contribution in [2.24, 2.45) is 5.41 Å². The van der Waals surface area contributed by atoms with Crippen LogP contribution in [0.1, 0.15) is 42.6 Å². The van der Waals surface area contributed by atoms with Crippen molar-refractivity contribution in [2.75, 3.05) is 39.1 Å². The Morgan fingerprint density at radius 1 is 1.16 bits per heavy atom. The van der Waals surface area contributed by atoms with Crippen LogP contribution in [0.5, 0.6) is 0 Å². The number of aldehydes is 1. The Balaban J connectivity index is 0.00000109. The number of carbonyl (C=O) groups excluding carboxylic acids is 1. The maximum absolute atomic E-state index is 11.5. The Hall–Kier alpha value is -1.52. The van der Waals surface area contributed by atoms with E-state index in [-0.39, 0.29) is 0 Å². The third-order valence-electron chi connectivity index (χ3n) is 5.13. The Morgan fingerprint density at radius 2 is 1.80 bits per heavy atom. The molecule has 1 saturated heterocycles. The summed E-state index contributed by atoms with van der Waals surface area (Å²) in [6.45, 7) is 6.29. The highest BCUT2D eigenvalue weighted by Crippen LogP contribution is 2.47. The lowest BCUT2D eigenvalue weighted by atomic mass is 9.61. The molecule has 1 N–H and O–H groups in total. The molecule has 25 heavy (non-hydrogen) atoms. The van der Waals surface area contributed by atoms with Crippen LogP contribution < -0.4 is 10.2 Å². The summed E-state index contributed by atoms with van der Waals surface area (Å²) in [5.41, 5.74) is 3.06. The molecule has 0 atom stereocenters. The zero-order valence-electron chi connectivity index (χ0n) is 16.0. The normalized spacial score (nSPS) is 18.2. The molecule has 3 rings (SSSR count). The average Bonchev–Trinajstić information content (AvgIpc) is 2.51. The molecule has 1 aromatic rings. The Labute approximate surface area is 156 Å². The number of hydrogen-bond acceptors (Lipinski definition) is 4. The first-order valence-corrected chi connectivity index (χ1v) is 9.39. The van der Waals surface area contributed by atoms with E-state index in [2.05, 4.69) is 17.3 Å². The van der Waals surface area contributed by atoms with Crippen LogP contribution in [-0.4, -0.2) is 51.5 Å². The van der Waals surface area contributed by atoms with Gasteiger partial charge in [0.25, 0.3) is 0 Å². The maximum Gasteiger partial charge on any atom is 0.152 e. The van der Waals surface area contributed by atoms with Gasteiger partial charge in [0, 0.05) is 57.1 Å². The van der Waals surface area contributed by atoms with Gasteiger partial charge in [-0.2, -0.15) is 0 Å². The largest absolute Gasteiger partial charge is 0.383 e. The number of benzene rings is 1. The third-order valence-corrected chi connectivity index (χ3v) is 5.46. The lowest BCUT2D eigenvalue weighted by molar-refractivity contribution is 0.0373. The van der Waals surface area contributed by atoms with E-state index in [1.807, 2.05) is 57.3 Å². The van der Waals surface area contributed by atoms with Crippen LogP contribution in [0.2, 0.25) is 5.02 Å². The van der Waals surface area contributed by atoms with Crippen LogP contribution in [0.3, 0.4) is 0 Å². The molecule has 1 saturated carbocycles. The summed E-state index contributed by atoms with van der Waals surface area (Å²) in [7, 11) is 6.04. The van der Waals surface area contributed by atoms with Gasteiger partial charge in [0.15, 0.2) is 6.29 Å². The van der Waals surface area contributed by atoms with E-state index in [9.17, 15) is 4.79 Å². The number of hydrogen-bond donors (Lipinski definition) is 1. The van der Waals surface area contributed by atoms with Gasteiger partial charge in [0.2, 0.25) is 0 Å². The van der Waals surface area contributed by atoms with Crippen molar-refractivity contribution in [3.8, 4) is 0 Å². The molecule has 2 fully saturated rings. The summed E-state index contributed by atoms with van der Waals surface area (Å²) >= 11 is 6.22. The lowest BCUT2D eigenvalue weighted by Gasteiger charge is -2.57. The molecule has 4 nitrogen and oxygen atoms in total. The molecular weight excluding hydrogens is 334 g/mol. The fourth-order valence-corrected chi connectivity index (χ4v) is 3.81. The average molecular weight is 364 g/mol. The molecule has 1 heterocycles. The number of nitrogens with zero attached hydrogens (tertiary/aromatic N) is 2. The predicted octanol–water partition coefficient (Wildman–Crippen LogP) is 3.90. The van der Waals surface area contributed by atoms with Gasteiger partial charge < -0.3 is 15.1 Å². The first-order valence-electron chi connectivity index (χ1n) is 9.02. The molecule has 1 aromatic carbocycles. The number of nitrogens with one attached hydrogen (secondary N) is 1. The first-order chi connectivity index (χ1) is 12.0. The van der Waals surface area contributed by atoms with Crippen LogP contribution in [0.15, 0.2) is 18.3 Å². The van der Waals surface area contributed by atoms with Crippen molar-refractivity contribution in [3.05, 3.63) is 34.5 Å². The highest BCUT2D eigenvalue weighted by Gasteiger charge is 2.49. The van der Waals surface area contributed by atoms with Crippen molar-refractivity contribution in [1.29, 1.82) is 0 Å². The van der Waals surface area contributed by atoms with E-state index in [0.717, 1.165) is 30.6 Å². The van der Waals surface area contributed by atoms with Gasteiger partial charge in [-0.25, -0.2) is 0 Å². The molecule has 5 heteroatoms. The zero-order chi connectivity index (χ0) is 18.6. The summed E-state index contributed by atoms with van der Waals surface area (Å²) in [6.07, 6.45) is 7.21. The monoisotopic (exact) mass is 363 g/mol. The zero-order valence-corrected chi connectivity index (χ0v) is 16.7. The first kappa shape index (κ1) is 19.8. The maximum atomic E-state index is 11.5. The van der Waals surface area contributed by atoms with Crippen molar-refractivity contribution in [1.82, 2.24) is 10.2 Å². The van der Waals surface area contributed by atoms with E-state index in [4.69, 9.17) is 11.6 Å². The van der Waals surface area contributed by atoms with Crippen LogP contribution in [0.25, 0.3) is 6.08 Å². The highest BCUT2D eigenvalue weighted by molar-refractivity contribution is 6.33. The molecule has 0 unspecified atom stereocenters. The van der Waals surface area contributed by atoms with Gasteiger partial charge in [0.05, 0.1) is 5.02 Å². The molecular formula is C20H30ClN3O. The van der Waals surface area contributed by atoms with Gasteiger partial charge in [-0.05, 0) is 42.7 Å². The minimum atomic E-state index is 0.504. The fourth-order valence-electron chi connectivity index (χ4n) is 3.60. The van der Waals surface area contributed by atoms with Crippen LogP contribution in [0.4, 0.5) is 5.69 Å². The van der Waals surface area contributed by atoms with Crippen molar-refractivity contribution in [2.45, 2.75) is 32.7 Å². The van der Waals surface area contributed by atoms with E-state index in [0.29, 0.717) is 22.0 Å². The predicted molar refractivity (Wildman–Crippen MR) is 108 cm³/mol. The topological polar surface area (TPSA) is 35.6 Å². The standard InChI is InChI=1S/C18H24ClN3O.C2H6/c1-21(2)7-6-14-15(10-23)16(19)4-5-17(14)22(3)13-8-18(9-13)11-20-12-18;1-2/h4-7,10,13,20H,8-9,11-12H2,1-3H3;1-2H3/b7-6-;. The van der Waals surface area contributed by atoms with Gasteiger partial charge >= 0.3 is 0 Å². The number of carbonyl (C=O) groups is 1. The molecule has 1 spiro atoms. The number of halogens is 1. The smallest absolute Gasteiger partial charge is 0.152 e.